The molecule has 1 fully saturated rings. The third-order valence-corrected chi connectivity index (χ3v) is 4.84. The molecule has 1 heterocycles. The van der Waals surface area contributed by atoms with Gasteiger partial charge < -0.3 is 20.7 Å². The van der Waals surface area contributed by atoms with Crippen LogP contribution < -0.4 is 20.7 Å². The van der Waals surface area contributed by atoms with Gasteiger partial charge in [0.05, 0.1) is 16.3 Å². The van der Waals surface area contributed by atoms with Crippen LogP contribution in [0.5, 0.6) is 5.75 Å². The monoisotopic (exact) mass is 398 g/mol. The molecule has 0 bridgehead atoms. The van der Waals surface area contributed by atoms with Crippen molar-refractivity contribution < 1.29 is 19.2 Å². The van der Waals surface area contributed by atoms with Gasteiger partial charge in [0.25, 0.3) is 5.91 Å². The van der Waals surface area contributed by atoms with E-state index >= 15 is 0 Å². The van der Waals surface area contributed by atoms with Crippen molar-refractivity contribution in [3.05, 3.63) is 58.6 Å². The third kappa shape index (κ3) is 5.01. The number of amides is 2. The van der Waals surface area contributed by atoms with Gasteiger partial charge in [-0.2, -0.15) is 0 Å². The Morgan fingerprint density at radius 3 is 2.48 bits per heavy atom. The fourth-order valence-corrected chi connectivity index (χ4v) is 3.32. The predicted octanol–water partition coefficient (Wildman–Crippen LogP) is 2.31. The van der Waals surface area contributed by atoms with Crippen LogP contribution in [0.25, 0.3) is 0 Å². The molecule has 0 aromatic heterocycles. The van der Waals surface area contributed by atoms with E-state index in [1.807, 2.05) is 12.1 Å². The zero-order valence-electron chi connectivity index (χ0n) is 15.7. The minimum atomic E-state index is -0.557. The number of carbonyl (C=O) groups excluding carboxylic acids is 2. The molecular weight excluding hydrogens is 376 g/mol. The van der Waals surface area contributed by atoms with Gasteiger partial charge in [0, 0.05) is 25.1 Å². The summed E-state index contributed by atoms with van der Waals surface area (Å²) in [6, 6.07) is 13.2. The number of nitrogens with zero attached hydrogens (tertiary/aromatic N) is 2. The van der Waals surface area contributed by atoms with Crippen molar-refractivity contribution in [1.82, 2.24) is 0 Å². The number of piperidine rings is 1. The highest BCUT2D eigenvalue weighted by molar-refractivity contribution is 5.95. The van der Waals surface area contributed by atoms with Gasteiger partial charge >= 0.3 is 5.69 Å². The van der Waals surface area contributed by atoms with Crippen molar-refractivity contribution in [2.24, 2.45) is 11.7 Å². The van der Waals surface area contributed by atoms with Gasteiger partial charge in [-0.05, 0) is 31.0 Å². The highest BCUT2D eigenvalue weighted by Crippen LogP contribution is 2.30. The van der Waals surface area contributed by atoms with Crippen LogP contribution in [-0.4, -0.2) is 36.4 Å². The largest absolute Gasteiger partial charge is 0.477 e. The smallest absolute Gasteiger partial charge is 0.310 e. The molecule has 0 aliphatic carbocycles. The first-order chi connectivity index (χ1) is 14.0. The van der Waals surface area contributed by atoms with Gasteiger partial charge in [-0.25, -0.2) is 0 Å². The number of ether oxygens (including phenoxy) is 1. The number of primary amides is 1. The molecule has 2 aromatic carbocycles. The van der Waals surface area contributed by atoms with Crippen molar-refractivity contribution in [1.29, 1.82) is 0 Å². The van der Waals surface area contributed by atoms with Crippen molar-refractivity contribution in [2.45, 2.75) is 12.8 Å². The van der Waals surface area contributed by atoms with E-state index in [-0.39, 0.29) is 29.9 Å². The second-order valence-corrected chi connectivity index (χ2v) is 6.74. The summed E-state index contributed by atoms with van der Waals surface area (Å²) in [7, 11) is 0. The number of benzene rings is 2. The second-order valence-electron chi connectivity index (χ2n) is 6.74. The van der Waals surface area contributed by atoms with Gasteiger partial charge in [0.1, 0.15) is 0 Å². The Labute approximate surface area is 167 Å². The molecule has 3 N–H and O–H groups in total. The molecule has 0 unspecified atom stereocenters. The quantitative estimate of drug-likeness (QED) is 0.544. The molecule has 2 aromatic rings. The number of nitrogens with two attached hydrogens (primary N) is 1. The number of anilines is 2. The average molecular weight is 398 g/mol. The number of hydrogen-bond donors (Lipinski definition) is 2. The lowest BCUT2D eigenvalue weighted by atomic mass is 9.96. The van der Waals surface area contributed by atoms with E-state index in [9.17, 15) is 19.7 Å². The summed E-state index contributed by atoms with van der Waals surface area (Å²) >= 11 is 0. The molecule has 1 aliphatic heterocycles. The zero-order chi connectivity index (χ0) is 20.8. The highest BCUT2D eigenvalue weighted by Gasteiger charge is 2.24. The Morgan fingerprint density at radius 1 is 1.14 bits per heavy atom. The Kier molecular flexibility index (Phi) is 6.28. The van der Waals surface area contributed by atoms with Gasteiger partial charge in [0.15, 0.2) is 12.4 Å². The van der Waals surface area contributed by atoms with Crippen LogP contribution in [0.3, 0.4) is 0 Å². The third-order valence-electron chi connectivity index (χ3n) is 4.84. The zero-order valence-corrected chi connectivity index (χ0v) is 15.7. The fourth-order valence-electron chi connectivity index (χ4n) is 3.32. The topological polar surface area (TPSA) is 128 Å². The Bertz CT molecular complexity index is 909. The minimum absolute atomic E-state index is 0.0365. The number of nitrogens with one attached hydrogen (secondary N) is 1. The molecule has 3 rings (SSSR count). The van der Waals surface area contributed by atoms with Crippen molar-refractivity contribution in [2.75, 3.05) is 29.9 Å². The van der Waals surface area contributed by atoms with Gasteiger partial charge in [-0.1, -0.05) is 24.3 Å². The van der Waals surface area contributed by atoms with Crippen LogP contribution in [0.15, 0.2) is 48.5 Å². The summed E-state index contributed by atoms with van der Waals surface area (Å²) in [4.78, 5) is 36.3. The Morgan fingerprint density at radius 2 is 1.79 bits per heavy atom. The van der Waals surface area contributed by atoms with E-state index in [1.165, 1.54) is 18.2 Å². The SMILES string of the molecule is NC(=O)C1CCN(c2ccccc2NC(=O)COc2ccccc2[N+](=O)[O-])CC1. The first-order valence-corrected chi connectivity index (χ1v) is 9.25. The number of nitro groups is 1. The van der Waals surface area contributed by atoms with Crippen LogP contribution in [0, 0.1) is 16.0 Å². The van der Waals surface area contributed by atoms with Crippen molar-refractivity contribution in [3.63, 3.8) is 0 Å². The standard InChI is InChI=1S/C20H22N4O5/c21-20(26)14-9-11-23(12-10-14)16-6-2-1-5-15(16)22-19(25)13-29-18-8-4-3-7-17(18)24(27)28/h1-8,14H,9-13H2,(H2,21,26)(H,22,25). The van der Waals surface area contributed by atoms with Crippen LogP contribution >= 0.6 is 0 Å². The molecule has 1 saturated heterocycles. The molecule has 9 heteroatoms. The molecule has 0 saturated carbocycles. The summed E-state index contributed by atoms with van der Waals surface area (Å²) in [5.74, 6) is -0.793. The highest BCUT2D eigenvalue weighted by atomic mass is 16.6. The first-order valence-electron chi connectivity index (χ1n) is 9.25. The number of rotatable bonds is 7. The van der Waals surface area contributed by atoms with E-state index in [1.54, 1.807) is 18.2 Å². The number of carbonyl (C=O) groups is 2. The summed E-state index contributed by atoms with van der Waals surface area (Å²) in [6.07, 6.45) is 1.33. The lowest BCUT2D eigenvalue weighted by Crippen LogP contribution is -2.39. The van der Waals surface area contributed by atoms with Gasteiger partial charge in [-0.3, -0.25) is 19.7 Å². The lowest BCUT2D eigenvalue weighted by molar-refractivity contribution is -0.385. The van der Waals surface area contributed by atoms with E-state index in [0.29, 0.717) is 31.6 Å². The molecule has 0 radical (unpaired) electrons. The Balaban J connectivity index is 1.63. The fraction of sp³-hybridized carbons (Fsp3) is 0.300. The van der Waals surface area contributed by atoms with Crippen LogP contribution in [0.2, 0.25) is 0 Å². The summed E-state index contributed by atoms with van der Waals surface area (Å²) in [5, 5.41) is 13.8. The average Bonchev–Trinajstić information content (AvgIpc) is 2.73. The van der Waals surface area contributed by atoms with E-state index < -0.39 is 10.8 Å². The van der Waals surface area contributed by atoms with Crippen LogP contribution in [0.4, 0.5) is 17.1 Å². The van der Waals surface area contributed by atoms with E-state index in [0.717, 1.165) is 5.69 Å². The van der Waals surface area contributed by atoms with E-state index in [4.69, 9.17) is 10.5 Å². The first kappa shape index (κ1) is 20.1. The van der Waals surface area contributed by atoms with Gasteiger partial charge in [-0.15, -0.1) is 0 Å². The minimum Gasteiger partial charge on any atom is -0.477 e. The molecule has 2 amide bonds. The maximum Gasteiger partial charge on any atom is 0.310 e. The van der Waals surface area contributed by atoms with Gasteiger partial charge in [0.2, 0.25) is 5.91 Å². The number of hydrogen-bond acceptors (Lipinski definition) is 6. The van der Waals surface area contributed by atoms with Crippen LogP contribution in [0.1, 0.15) is 12.8 Å². The molecule has 9 nitrogen and oxygen atoms in total. The Hall–Kier alpha value is -3.62. The maximum absolute atomic E-state index is 12.4. The molecular formula is C20H22N4O5. The molecule has 152 valence electrons. The maximum atomic E-state index is 12.4. The van der Waals surface area contributed by atoms with Crippen molar-refractivity contribution >= 4 is 28.9 Å². The van der Waals surface area contributed by atoms with Crippen LogP contribution in [-0.2, 0) is 9.59 Å². The number of nitro benzene ring substituents is 1. The van der Waals surface area contributed by atoms with E-state index in [2.05, 4.69) is 10.2 Å². The normalized spacial score (nSPS) is 14.3. The molecule has 29 heavy (non-hydrogen) atoms. The lowest BCUT2D eigenvalue weighted by Gasteiger charge is -2.33. The summed E-state index contributed by atoms with van der Waals surface area (Å²) in [6.45, 7) is 0.962. The molecule has 0 spiro atoms. The number of para-hydroxylation sites is 4. The molecule has 1 aliphatic rings. The second kappa shape index (κ2) is 9.05. The summed E-state index contributed by atoms with van der Waals surface area (Å²) < 4.78 is 5.34. The van der Waals surface area contributed by atoms with Crippen molar-refractivity contribution in [3.8, 4) is 5.75 Å². The summed E-state index contributed by atoms with van der Waals surface area (Å²) in [5.41, 5.74) is 6.65. The molecule has 0 atom stereocenters. The predicted molar refractivity (Wildman–Crippen MR) is 108 cm³/mol.